The largest absolute Gasteiger partial charge is 0.497 e. The molecule has 1 aliphatic rings. The molecule has 3 aromatic carbocycles. The van der Waals surface area contributed by atoms with Gasteiger partial charge in [0.25, 0.3) is 10.0 Å². The lowest BCUT2D eigenvalue weighted by Gasteiger charge is -2.30. The molecule has 0 spiro atoms. The van der Waals surface area contributed by atoms with Crippen molar-refractivity contribution in [3.05, 3.63) is 72.3 Å². The van der Waals surface area contributed by atoms with Crippen molar-refractivity contribution in [2.75, 3.05) is 42.2 Å². The summed E-state index contributed by atoms with van der Waals surface area (Å²) >= 11 is 0. The minimum atomic E-state index is -3.99. The van der Waals surface area contributed by atoms with Gasteiger partial charge in [0, 0.05) is 18.8 Å². The van der Waals surface area contributed by atoms with Gasteiger partial charge >= 0.3 is 0 Å². The van der Waals surface area contributed by atoms with E-state index in [1.54, 1.807) is 55.6 Å². The third-order valence-electron chi connectivity index (χ3n) is 6.10. The van der Waals surface area contributed by atoms with Gasteiger partial charge < -0.3 is 19.7 Å². The Kier molecular flexibility index (Phi) is 8.00. The van der Waals surface area contributed by atoms with Gasteiger partial charge in [-0.15, -0.1) is 0 Å². The number of sulfonamides is 1. The predicted octanol–water partition coefficient (Wildman–Crippen LogP) is 4.68. The van der Waals surface area contributed by atoms with E-state index in [2.05, 4.69) is 14.9 Å². The molecule has 0 atom stereocenters. The second kappa shape index (κ2) is 11.3. The molecule has 1 saturated heterocycles. The van der Waals surface area contributed by atoms with E-state index >= 15 is 0 Å². The molecule has 0 unspecified atom stereocenters. The summed E-state index contributed by atoms with van der Waals surface area (Å²) in [5.74, 6) is 0.890. The van der Waals surface area contributed by atoms with Crippen LogP contribution in [0.5, 0.6) is 11.5 Å². The Morgan fingerprint density at radius 2 is 1.64 bits per heavy atom. The average molecular weight is 510 g/mol. The van der Waals surface area contributed by atoms with Gasteiger partial charge in [0.05, 0.1) is 32.0 Å². The van der Waals surface area contributed by atoms with E-state index in [0.717, 1.165) is 37.9 Å². The zero-order valence-corrected chi connectivity index (χ0v) is 21.3. The summed E-state index contributed by atoms with van der Waals surface area (Å²) in [5.41, 5.74) is 2.20. The van der Waals surface area contributed by atoms with Crippen LogP contribution in [0.15, 0.2) is 71.6 Å². The molecule has 0 bridgehead atoms. The number of nitrogens with zero attached hydrogens (tertiary/aromatic N) is 1. The molecule has 3 aromatic rings. The Labute approximate surface area is 212 Å². The highest BCUT2D eigenvalue weighted by molar-refractivity contribution is 7.93. The molecule has 1 aliphatic heterocycles. The van der Waals surface area contributed by atoms with Gasteiger partial charge in [-0.05, 0) is 67.3 Å². The van der Waals surface area contributed by atoms with Crippen molar-refractivity contribution < 1.29 is 22.7 Å². The van der Waals surface area contributed by atoms with Crippen molar-refractivity contribution in [1.29, 1.82) is 0 Å². The fourth-order valence-corrected chi connectivity index (χ4v) is 5.59. The van der Waals surface area contributed by atoms with Crippen molar-refractivity contribution in [3.63, 3.8) is 0 Å². The van der Waals surface area contributed by atoms with Crippen LogP contribution in [0.4, 0.5) is 17.1 Å². The number of rotatable bonds is 9. The van der Waals surface area contributed by atoms with Crippen LogP contribution in [0.3, 0.4) is 0 Å². The molecule has 0 saturated carbocycles. The van der Waals surface area contributed by atoms with Crippen LogP contribution >= 0.6 is 0 Å². The molecular weight excluding hydrogens is 478 g/mol. The van der Waals surface area contributed by atoms with Crippen molar-refractivity contribution in [3.8, 4) is 11.5 Å². The summed E-state index contributed by atoms with van der Waals surface area (Å²) in [7, 11) is -0.909. The van der Waals surface area contributed by atoms with Gasteiger partial charge in [-0.2, -0.15) is 0 Å². The lowest BCUT2D eigenvalue weighted by atomic mass is 10.1. The zero-order valence-electron chi connectivity index (χ0n) is 20.5. The highest BCUT2D eigenvalue weighted by atomic mass is 32.2. The Balaban J connectivity index is 1.62. The number of anilines is 3. The summed E-state index contributed by atoms with van der Waals surface area (Å²) in [6.07, 6.45) is 3.27. The number of piperidine rings is 1. The van der Waals surface area contributed by atoms with Crippen molar-refractivity contribution >= 4 is 33.0 Å². The molecule has 0 aromatic heterocycles. The van der Waals surface area contributed by atoms with Crippen LogP contribution in [0.2, 0.25) is 0 Å². The van der Waals surface area contributed by atoms with Gasteiger partial charge in [-0.1, -0.05) is 24.3 Å². The third-order valence-corrected chi connectivity index (χ3v) is 7.50. The van der Waals surface area contributed by atoms with Crippen LogP contribution in [0.1, 0.15) is 24.8 Å². The van der Waals surface area contributed by atoms with Crippen molar-refractivity contribution in [1.82, 2.24) is 0 Å². The normalized spacial score (nSPS) is 13.7. The topological polar surface area (TPSA) is 97.0 Å². The summed E-state index contributed by atoms with van der Waals surface area (Å²) in [6.45, 7) is 1.56. The maximum absolute atomic E-state index is 13.6. The van der Waals surface area contributed by atoms with Gasteiger partial charge in [-0.25, -0.2) is 8.42 Å². The molecule has 8 nitrogen and oxygen atoms in total. The highest BCUT2D eigenvalue weighted by Gasteiger charge is 2.25. The Hall–Kier alpha value is -3.72. The van der Waals surface area contributed by atoms with Crippen LogP contribution in [-0.2, 0) is 21.2 Å². The Morgan fingerprint density at radius 1 is 0.917 bits per heavy atom. The summed E-state index contributed by atoms with van der Waals surface area (Å²) in [4.78, 5) is 14.9. The van der Waals surface area contributed by atoms with E-state index < -0.39 is 10.0 Å². The van der Waals surface area contributed by atoms with E-state index in [1.165, 1.54) is 13.2 Å². The van der Waals surface area contributed by atoms with Crippen LogP contribution in [0, 0.1) is 0 Å². The number of para-hydroxylation sites is 2. The maximum Gasteiger partial charge on any atom is 0.264 e. The number of carbonyl (C=O) groups is 1. The summed E-state index contributed by atoms with van der Waals surface area (Å²) in [6, 6.07) is 19.1. The smallest absolute Gasteiger partial charge is 0.264 e. The Morgan fingerprint density at radius 3 is 2.33 bits per heavy atom. The molecule has 0 aliphatic carbocycles. The van der Waals surface area contributed by atoms with Crippen LogP contribution in [0.25, 0.3) is 0 Å². The fourth-order valence-electron chi connectivity index (χ4n) is 4.27. The molecule has 9 heteroatoms. The van der Waals surface area contributed by atoms with Crippen molar-refractivity contribution in [2.45, 2.75) is 30.6 Å². The van der Waals surface area contributed by atoms with Crippen LogP contribution in [-0.4, -0.2) is 41.6 Å². The molecule has 2 N–H and O–H groups in total. The first kappa shape index (κ1) is 25.4. The number of ether oxygens (including phenoxy) is 2. The molecule has 1 heterocycles. The number of carbonyl (C=O) groups excluding carboxylic acids is 1. The number of nitrogens with one attached hydrogen (secondary N) is 2. The fraction of sp³-hybridized carbons (Fsp3) is 0.296. The molecule has 0 radical (unpaired) electrons. The SMILES string of the molecule is COc1ccc(CC(=O)Nc2ccc(N3CCCCC3)c(S(=O)(=O)Nc3ccccc3OC)c2)cc1. The molecule has 4 rings (SSSR count). The standard InChI is InChI=1S/C27H31N3O5S/c1-34-22-13-10-20(11-14-22)18-27(31)28-21-12-15-24(30-16-6-3-7-17-30)26(19-21)36(32,33)29-23-8-4-5-9-25(23)35-2/h4-5,8-15,19,29H,3,6-7,16-18H2,1-2H3,(H,28,31). The van der Waals surface area contributed by atoms with E-state index in [9.17, 15) is 13.2 Å². The van der Waals surface area contributed by atoms with Gasteiger partial charge in [-0.3, -0.25) is 9.52 Å². The van der Waals surface area contributed by atoms with Gasteiger partial charge in [0.1, 0.15) is 16.4 Å². The number of methoxy groups -OCH3 is 2. The Bertz CT molecular complexity index is 1300. The van der Waals surface area contributed by atoms with E-state index in [4.69, 9.17) is 9.47 Å². The minimum absolute atomic E-state index is 0.109. The zero-order chi connectivity index (χ0) is 25.5. The molecule has 1 fully saturated rings. The summed E-state index contributed by atoms with van der Waals surface area (Å²) < 4.78 is 40.3. The first-order valence-corrected chi connectivity index (χ1v) is 13.4. The lowest BCUT2D eigenvalue weighted by Crippen LogP contribution is -2.31. The van der Waals surface area contributed by atoms with Gasteiger partial charge in [0.15, 0.2) is 0 Å². The maximum atomic E-state index is 13.6. The predicted molar refractivity (Wildman–Crippen MR) is 142 cm³/mol. The number of amides is 1. The minimum Gasteiger partial charge on any atom is -0.497 e. The van der Waals surface area contributed by atoms with Crippen molar-refractivity contribution in [2.24, 2.45) is 0 Å². The molecule has 190 valence electrons. The highest BCUT2D eigenvalue weighted by Crippen LogP contribution is 2.33. The number of hydrogen-bond acceptors (Lipinski definition) is 6. The van der Waals surface area contributed by atoms with E-state index in [-0.39, 0.29) is 17.2 Å². The molecular formula is C27H31N3O5S. The molecule has 1 amide bonds. The second-order valence-corrected chi connectivity index (χ2v) is 10.3. The van der Waals surface area contributed by atoms with Crippen LogP contribution < -0.4 is 24.4 Å². The van der Waals surface area contributed by atoms with E-state index in [0.29, 0.717) is 28.6 Å². The monoisotopic (exact) mass is 509 g/mol. The third kappa shape index (κ3) is 6.09. The first-order chi connectivity index (χ1) is 17.4. The number of hydrogen-bond donors (Lipinski definition) is 2. The number of benzene rings is 3. The molecule has 36 heavy (non-hydrogen) atoms. The second-order valence-electron chi connectivity index (χ2n) is 8.61. The average Bonchev–Trinajstić information content (AvgIpc) is 2.89. The summed E-state index contributed by atoms with van der Waals surface area (Å²) in [5, 5.41) is 2.84. The quantitative estimate of drug-likeness (QED) is 0.435. The van der Waals surface area contributed by atoms with Gasteiger partial charge in [0.2, 0.25) is 5.91 Å². The van der Waals surface area contributed by atoms with E-state index in [1.807, 2.05) is 12.1 Å². The lowest BCUT2D eigenvalue weighted by molar-refractivity contribution is -0.115. The first-order valence-electron chi connectivity index (χ1n) is 11.9.